The predicted octanol–water partition coefficient (Wildman–Crippen LogP) is 2.95. The van der Waals surface area contributed by atoms with Crippen LogP contribution in [0, 0.1) is 6.92 Å². The molecule has 0 atom stereocenters. The number of hydrogen-bond donors (Lipinski definition) is 0. The fourth-order valence-corrected chi connectivity index (χ4v) is 2.85. The lowest BCUT2D eigenvalue weighted by atomic mass is 10.2. The van der Waals surface area contributed by atoms with Crippen LogP contribution in [-0.2, 0) is 24.3 Å². The molecule has 0 radical (unpaired) electrons. The van der Waals surface area contributed by atoms with E-state index < -0.39 is 0 Å². The molecule has 21 heavy (non-hydrogen) atoms. The standard InChI is InChI=1S/C15H17ClN4O/c1-10-14-15(19(2)18-10)20(13(8-16)17-14)12-7-5-4-6-11(12)9-21-3/h4-7H,8-9H2,1-3H3. The van der Waals surface area contributed by atoms with Gasteiger partial charge >= 0.3 is 0 Å². The van der Waals surface area contributed by atoms with E-state index in [1.165, 1.54) is 0 Å². The average molecular weight is 305 g/mol. The Balaban J connectivity index is 2.33. The van der Waals surface area contributed by atoms with Crippen LogP contribution < -0.4 is 0 Å². The van der Waals surface area contributed by atoms with Crippen molar-refractivity contribution >= 4 is 22.8 Å². The molecule has 6 heteroatoms. The maximum atomic E-state index is 6.10. The number of aromatic nitrogens is 4. The zero-order chi connectivity index (χ0) is 15.0. The smallest absolute Gasteiger partial charge is 0.163 e. The van der Waals surface area contributed by atoms with E-state index >= 15 is 0 Å². The van der Waals surface area contributed by atoms with Crippen LogP contribution in [0.25, 0.3) is 16.9 Å². The van der Waals surface area contributed by atoms with Gasteiger partial charge in [0.2, 0.25) is 0 Å². The van der Waals surface area contributed by atoms with Crippen molar-refractivity contribution in [2.24, 2.45) is 7.05 Å². The third-order valence-corrected chi connectivity index (χ3v) is 3.76. The molecular weight excluding hydrogens is 288 g/mol. The number of fused-ring (bicyclic) bond motifs is 1. The van der Waals surface area contributed by atoms with Gasteiger partial charge in [0.15, 0.2) is 5.65 Å². The Bertz CT molecular complexity index is 790. The molecule has 0 aliphatic heterocycles. The zero-order valence-corrected chi connectivity index (χ0v) is 13.1. The number of para-hydroxylation sites is 1. The SMILES string of the molecule is COCc1ccccc1-n1c(CCl)nc2c(C)nn(C)c21. The van der Waals surface area contributed by atoms with E-state index in [-0.39, 0.29) is 0 Å². The van der Waals surface area contributed by atoms with E-state index in [4.69, 9.17) is 16.3 Å². The fraction of sp³-hybridized carbons (Fsp3) is 0.333. The van der Waals surface area contributed by atoms with Crippen molar-refractivity contribution in [3.8, 4) is 5.69 Å². The summed E-state index contributed by atoms with van der Waals surface area (Å²) in [5.74, 6) is 1.15. The quantitative estimate of drug-likeness (QED) is 0.696. The van der Waals surface area contributed by atoms with Gasteiger partial charge in [0, 0.05) is 19.7 Å². The Morgan fingerprint density at radius 1 is 1.29 bits per heavy atom. The monoisotopic (exact) mass is 304 g/mol. The Kier molecular flexibility index (Phi) is 3.69. The highest BCUT2D eigenvalue weighted by Gasteiger charge is 2.19. The lowest BCUT2D eigenvalue weighted by molar-refractivity contribution is 0.185. The van der Waals surface area contributed by atoms with Crippen molar-refractivity contribution in [2.45, 2.75) is 19.4 Å². The molecule has 2 heterocycles. The third kappa shape index (κ3) is 2.22. The predicted molar refractivity (Wildman–Crippen MR) is 82.8 cm³/mol. The number of aryl methyl sites for hydroxylation is 2. The number of imidazole rings is 1. The van der Waals surface area contributed by atoms with E-state index in [9.17, 15) is 0 Å². The van der Waals surface area contributed by atoms with Gasteiger partial charge in [-0.2, -0.15) is 5.10 Å². The second-order valence-electron chi connectivity index (χ2n) is 4.94. The summed E-state index contributed by atoms with van der Waals surface area (Å²) in [4.78, 5) is 4.64. The number of alkyl halides is 1. The van der Waals surface area contributed by atoms with Crippen LogP contribution in [0.15, 0.2) is 24.3 Å². The summed E-state index contributed by atoms with van der Waals surface area (Å²) in [6, 6.07) is 8.10. The van der Waals surface area contributed by atoms with Gasteiger partial charge in [0.05, 0.1) is 23.9 Å². The average Bonchev–Trinajstić information content (AvgIpc) is 2.99. The first kappa shape index (κ1) is 14.1. The minimum absolute atomic E-state index is 0.343. The van der Waals surface area contributed by atoms with Crippen LogP contribution in [0.4, 0.5) is 0 Å². The number of halogens is 1. The molecule has 110 valence electrons. The van der Waals surface area contributed by atoms with Crippen LogP contribution in [0.5, 0.6) is 0 Å². The maximum Gasteiger partial charge on any atom is 0.163 e. The number of hydrogen-bond acceptors (Lipinski definition) is 3. The minimum Gasteiger partial charge on any atom is -0.380 e. The van der Waals surface area contributed by atoms with Crippen molar-refractivity contribution in [2.75, 3.05) is 7.11 Å². The molecule has 0 N–H and O–H groups in total. The summed E-state index contributed by atoms with van der Waals surface area (Å²) >= 11 is 6.10. The molecule has 0 unspecified atom stereocenters. The van der Waals surface area contributed by atoms with Crippen molar-refractivity contribution in [3.05, 3.63) is 41.3 Å². The summed E-state index contributed by atoms with van der Waals surface area (Å²) in [6.07, 6.45) is 0. The van der Waals surface area contributed by atoms with Crippen LogP contribution >= 0.6 is 11.6 Å². The number of rotatable bonds is 4. The molecular formula is C15H17ClN4O. The van der Waals surface area contributed by atoms with Gasteiger partial charge in [-0.25, -0.2) is 9.67 Å². The van der Waals surface area contributed by atoms with Crippen LogP contribution in [-0.4, -0.2) is 26.4 Å². The van der Waals surface area contributed by atoms with E-state index in [0.29, 0.717) is 12.5 Å². The van der Waals surface area contributed by atoms with E-state index in [2.05, 4.69) is 14.6 Å². The third-order valence-electron chi connectivity index (χ3n) is 3.52. The highest BCUT2D eigenvalue weighted by atomic mass is 35.5. The fourth-order valence-electron chi connectivity index (χ4n) is 2.67. The molecule has 0 saturated heterocycles. The van der Waals surface area contributed by atoms with Gasteiger partial charge in [-0.15, -0.1) is 11.6 Å². The molecule has 0 aliphatic rings. The summed E-state index contributed by atoms with van der Waals surface area (Å²) in [6.45, 7) is 2.49. The van der Waals surface area contributed by atoms with Crippen molar-refractivity contribution in [1.82, 2.24) is 19.3 Å². The van der Waals surface area contributed by atoms with Gasteiger partial charge in [0.25, 0.3) is 0 Å². The first-order valence-corrected chi connectivity index (χ1v) is 7.25. The van der Waals surface area contributed by atoms with Crippen LogP contribution in [0.1, 0.15) is 17.1 Å². The topological polar surface area (TPSA) is 44.9 Å². The van der Waals surface area contributed by atoms with Crippen molar-refractivity contribution < 1.29 is 4.74 Å². The molecule has 0 bridgehead atoms. The summed E-state index contributed by atoms with van der Waals surface area (Å²) < 4.78 is 9.21. The number of ether oxygens (including phenoxy) is 1. The molecule has 3 aromatic rings. The first-order chi connectivity index (χ1) is 10.2. The highest BCUT2D eigenvalue weighted by Crippen LogP contribution is 2.26. The summed E-state index contributed by atoms with van der Waals surface area (Å²) in [5, 5.41) is 4.45. The van der Waals surface area contributed by atoms with Crippen molar-refractivity contribution in [3.63, 3.8) is 0 Å². The molecule has 0 amide bonds. The molecule has 0 fully saturated rings. The molecule has 0 spiro atoms. The number of benzene rings is 1. The zero-order valence-electron chi connectivity index (χ0n) is 12.3. The molecule has 1 aromatic carbocycles. The van der Waals surface area contributed by atoms with E-state index in [1.807, 2.05) is 42.9 Å². The van der Waals surface area contributed by atoms with Gasteiger partial charge in [-0.3, -0.25) is 4.57 Å². The Hall–Kier alpha value is -1.85. The summed E-state index contributed by atoms with van der Waals surface area (Å²) in [7, 11) is 3.61. The van der Waals surface area contributed by atoms with Gasteiger partial charge in [-0.05, 0) is 13.0 Å². The van der Waals surface area contributed by atoms with Crippen LogP contribution in [0.2, 0.25) is 0 Å². The van der Waals surface area contributed by atoms with E-state index in [0.717, 1.165) is 33.9 Å². The Labute approximate surface area is 128 Å². The highest BCUT2D eigenvalue weighted by molar-refractivity contribution is 6.17. The lowest BCUT2D eigenvalue weighted by Crippen LogP contribution is -2.07. The van der Waals surface area contributed by atoms with Gasteiger partial charge in [0.1, 0.15) is 11.3 Å². The largest absolute Gasteiger partial charge is 0.380 e. The second-order valence-corrected chi connectivity index (χ2v) is 5.21. The van der Waals surface area contributed by atoms with Crippen LogP contribution in [0.3, 0.4) is 0 Å². The number of methoxy groups -OCH3 is 1. The molecule has 5 nitrogen and oxygen atoms in total. The van der Waals surface area contributed by atoms with E-state index in [1.54, 1.807) is 7.11 Å². The second kappa shape index (κ2) is 5.50. The molecule has 2 aromatic heterocycles. The number of nitrogens with zero attached hydrogens (tertiary/aromatic N) is 4. The minimum atomic E-state index is 0.343. The van der Waals surface area contributed by atoms with Gasteiger partial charge in [-0.1, -0.05) is 18.2 Å². The Morgan fingerprint density at radius 3 is 2.76 bits per heavy atom. The van der Waals surface area contributed by atoms with Crippen molar-refractivity contribution in [1.29, 1.82) is 0 Å². The first-order valence-electron chi connectivity index (χ1n) is 6.71. The molecule has 0 aliphatic carbocycles. The van der Waals surface area contributed by atoms with Gasteiger partial charge < -0.3 is 4.74 Å². The Morgan fingerprint density at radius 2 is 2.05 bits per heavy atom. The normalized spacial score (nSPS) is 11.4. The lowest BCUT2D eigenvalue weighted by Gasteiger charge is -2.13. The maximum absolute atomic E-state index is 6.10. The summed E-state index contributed by atoms with van der Waals surface area (Å²) in [5.41, 5.74) is 4.86. The molecule has 3 rings (SSSR count). The molecule has 0 saturated carbocycles.